The molecule has 0 unspecified atom stereocenters. The monoisotopic (exact) mass is 268 g/mol. The van der Waals surface area contributed by atoms with Gasteiger partial charge < -0.3 is 14.2 Å². The Labute approximate surface area is 110 Å². The Morgan fingerprint density at radius 2 is 1.94 bits per heavy atom. The minimum atomic E-state index is -0.0271. The summed E-state index contributed by atoms with van der Waals surface area (Å²) in [5.41, 5.74) is 0.568. The molecule has 0 aromatic carbocycles. The molecule has 1 aromatic heterocycles. The molecule has 0 aliphatic carbocycles. The molecule has 1 aliphatic rings. The summed E-state index contributed by atoms with van der Waals surface area (Å²) >= 11 is 1.52. The quantitative estimate of drug-likeness (QED) is 0.818. The van der Waals surface area contributed by atoms with Gasteiger partial charge in [0.05, 0.1) is 17.6 Å². The van der Waals surface area contributed by atoms with Crippen molar-refractivity contribution < 1.29 is 14.0 Å². The molecule has 1 aliphatic heterocycles. The highest BCUT2D eigenvalue weighted by molar-refractivity contribution is 7.99. The van der Waals surface area contributed by atoms with E-state index in [0.29, 0.717) is 37.5 Å². The molecule has 0 atom stereocenters. The standard InChI is InChI=1S/C12H16N2O3S/c1-18-9-11(15)13-3-5-14(6-4-13)12(16)10-2-7-17-8-10/h2,7-8H,3-6,9H2,1H3. The molecule has 2 amide bonds. The molecule has 2 rings (SSSR count). The van der Waals surface area contributed by atoms with Crippen molar-refractivity contribution in [2.75, 3.05) is 38.2 Å². The molecule has 18 heavy (non-hydrogen) atoms. The van der Waals surface area contributed by atoms with Crippen LogP contribution in [-0.2, 0) is 4.79 Å². The Morgan fingerprint density at radius 1 is 1.28 bits per heavy atom. The highest BCUT2D eigenvalue weighted by Gasteiger charge is 2.24. The highest BCUT2D eigenvalue weighted by atomic mass is 32.2. The second-order valence-corrected chi connectivity index (χ2v) is 4.98. The zero-order valence-corrected chi connectivity index (χ0v) is 11.1. The first kappa shape index (κ1) is 13.0. The fourth-order valence-corrected chi connectivity index (χ4v) is 2.37. The second-order valence-electron chi connectivity index (χ2n) is 4.12. The largest absolute Gasteiger partial charge is 0.472 e. The molecule has 98 valence electrons. The molecule has 5 nitrogen and oxygen atoms in total. The lowest BCUT2D eigenvalue weighted by atomic mass is 10.2. The van der Waals surface area contributed by atoms with E-state index in [-0.39, 0.29) is 11.8 Å². The van der Waals surface area contributed by atoms with Gasteiger partial charge in [-0.2, -0.15) is 11.8 Å². The van der Waals surface area contributed by atoms with Gasteiger partial charge in [-0.15, -0.1) is 0 Å². The molecule has 0 saturated carbocycles. The van der Waals surface area contributed by atoms with E-state index in [1.165, 1.54) is 24.3 Å². The van der Waals surface area contributed by atoms with Crippen molar-refractivity contribution in [2.45, 2.75) is 0 Å². The van der Waals surface area contributed by atoms with Gasteiger partial charge >= 0.3 is 0 Å². The maximum Gasteiger partial charge on any atom is 0.257 e. The third-order valence-corrected chi connectivity index (χ3v) is 3.49. The van der Waals surface area contributed by atoms with Gasteiger partial charge in [-0.3, -0.25) is 9.59 Å². The number of nitrogens with zero attached hydrogens (tertiary/aromatic N) is 2. The topological polar surface area (TPSA) is 53.8 Å². The fourth-order valence-electron chi connectivity index (χ4n) is 1.94. The van der Waals surface area contributed by atoms with Gasteiger partial charge in [0, 0.05) is 26.2 Å². The molecule has 0 bridgehead atoms. The van der Waals surface area contributed by atoms with E-state index < -0.39 is 0 Å². The van der Waals surface area contributed by atoms with Gasteiger partial charge in [0.15, 0.2) is 0 Å². The van der Waals surface area contributed by atoms with Gasteiger partial charge in [-0.05, 0) is 12.3 Å². The summed E-state index contributed by atoms with van der Waals surface area (Å²) in [6.07, 6.45) is 4.86. The van der Waals surface area contributed by atoms with Gasteiger partial charge in [0.1, 0.15) is 6.26 Å². The van der Waals surface area contributed by atoms with Gasteiger partial charge in [0.2, 0.25) is 5.91 Å². The van der Waals surface area contributed by atoms with Crippen LogP contribution >= 0.6 is 11.8 Å². The van der Waals surface area contributed by atoms with Crippen molar-refractivity contribution in [1.82, 2.24) is 9.80 Å². The number of amides is 2. The minimum absolute atomic E-state index is 0.0271. The molecule has 6 heteroatoms. The van der Waals surface area contributed by atoms with Crippen LogP contribution in [0.3, 0.4) is 0 Å². The highest BCUT2D eigenvalue weighted by Crippen LogP contribution is 2.10. The van der Waals surface area contributed by atoms with Crippen molar-refractivity contribution >= 4 is 23.6 Å². The van der Waals surface area contributed by atoms with E-state index in [2.05, 4.69) is 0 Å². The zero-order chi connectivity index (χ0) is 13.0. The van der Waals surface area contributed by atoms with Crippen molar-refractivity contribution in [3.05, 3.63) is 24.2 Å². The van der Waals surface area contributed by atoms with E-state index >= 15 is 0 Å². The van der Waals surface area contributed by atoms with Crippen molar-refractivity contribution in [1.29, 1.82) is 0 Å². The van der Waals surface area contributed by atoms with Crippen molar-refractivity contribution in [3.8, 4) is 0 Å². The number of piperazine rings is 1. The Bertz CT molecular complexity index is 411. The zero-order valence-electron chi connectivity index (χ0n) is 10.3. The van der Waals surface area contributed by atoms with Crippen molar-refractivity contribution in [3.63, 3.8) is 0 Å². The molecule has 0 spiro atoms. The molecule has 2 heterocycles. The van der Waals surface area contributed by atoms with Crippen LogP contribution in [0.1, 0.15) is 10.4 Å². The van der Waals surface area contributed by atoms with Crippen LogP contribution in [0.4, 0.5) is 0 Å². The number of furan rings is 1. The average molecular weight is 268 g/mol. The number of carbonyl (C=O) groups excluding carboxylic acids is 2. The third-order valence-electron chi connectivity index (χ3n) is 2.96. The number of carbonyl (C=O) groups is 2. The average Bonchev–Trinajstić information content (AvgIpc) is 2.92. The van der Waals surface area contributed by atoms with Crippen LogP contribution < -0.4 is 0 Å². The predicted octanol–water partition coefficient (Wildman–Crippen LogP) is 0.927. The number of hydrogen-bond donors (Lipinski definition) is 0. The van der Waals surface area contributed by atoms with Crippen LogP contribution in [0.2, 0.25) is 0 Å². The first-order valence-electron chi connectivity index (χ1n) is 5.80. The molecule has 0 N–H and O–H groups in total. The third kappa shape index (κ3) is 2.87. The summed E-state index contributed by atoms with van der Waals surface area (Å²) in [5, 5.41) is 0. The van der Waals surface area contributed by atoms with Crippen LogP contribution in [0.25, 0.3) is 0 Å². The van der Waals surface area contributed by atoms with Gasteiger partial charge in [0.25, 0.3) is 5.91 Å². The summed E-state index contributed by atoms with van der Waals surface area (Å²) in [4.78, 5) is 27.3. The Kier molecular flexibility index (Phi) is 4.30. The molecule has 1 saturated heterocycles. The first-order chi connectivity index (χ1) is 8.72. The Hall–Kier alpha value is -1.43. The molecule has 1 aromatic rings. The minimum Gasteiger partial charge on any atom is -0.472 e. The summed E-state index contributed by atoms with van der Waals surface area (Å²) in [6.45, 7) is 2.40. The van der Waals surface area contributed by atoms with E-state index in [0.717, 1.165) is 0 Å². The Balaban J connectivity index is 1.87. The fraction of sp³-hybridized carbons (Fsp3) is 0.500. The van der Waals surface area contributed by atoms with E-state index in [9.17, 15) is 9.59 Å². The smallest absolute Gasteiger partial charge is 0.257 e. The van der Waals surface area contributed by atoms with Crippen LogP contribution in [0.5, 0.6) is 0 Å². The van der Waals surface area contributed by atoms with Gasteiger partial charge in [-0.1, -0.05) is 0 Å². The van der Waals surface area contributed by atoms with Crippen LogP contribution in [0.15, 0.2) is 23.0 Å². The van der Waals surface area contributed by atoms with Gasteiger partial charge in [-0.25, -0.2) is 0 Å². The predicted molar refractivity (Wildman–Crippen MR) is 69.6 cm³/mol. The van der Waals surface area contributed by atoms with Crippen molar-refractivity contribution in [2.24, 2.45) is 0 Å². The first-order valence-corrected chi connectivity index (χ1v) is 7.20. The number of hydrogen-bond acceptors (Lipinski definition) is 4. The maximum absolute atomic E-state index is 12.0. The summed E-state index contributed by atoms with van der Waals surface area (Å²) < 4.78 is 4.90. The molecular formula is C12H16N2O3S. The summed E-state index contributed by atoms with van der Waals surface area (Å²) in [7, 11) is 0. The summed E-state index contributed by atoms with van der Waals surface area (Å²) in [6, 6.07) is 1.66. The normalized spacial score (nSPS) is 15.8. The van der Waals surface area contributed by atoms with Crippen LogP contribution in [-0.4, -0.2) is 59.8 Å². The summed E-state index contributed by atoms with van der Waals surface area (Å²) in [5.74, 6) is 0.633. The number of rotatable bonds is 3. The Morgan fingerprint density at radius 3 is 2.50 bits per heavy atom. The lowest BCUT2D eigenvalue weighted by Gasteiger charge is -2.34. The lowest BCUT2D eigenvalue weighted by molar-refractivity contribution is -0.129. The lowest BCUT2D eigenvalue weighted by Crippen LogP contribution is -2.51. The molecule has 1 fully saturated rings. The van der Waals surface area contributed by atoms with E-state index in [1.807, 2.05) is 11.2 Å². The van der Waals surface area contributed by atoms with E-state index in [1.54, 1.807) is 11.0 Å². The van der Waals surface area contributed by atoms with Crippen LogP contribution in [0, 0.1) is 0 Å². The maximum atomic E-state index is 12.0. The molecule has 0 radical (unpaired) electrons. The number of thioether (sulfide) groups is 1. The molecular weight excluding hydrogens is 252 g/mol. The SMILES string of the molecule is CSCC(=O)N1CCN(C(=O)c2ccoc2)CC1. The van der Waals surface area contributed by atoms with E-state index in [4.69, 9.17) is 4.42 Å². The second kappa shape index (κ2) is 5.95.